The number of rotatable bonds is 4. The van der Waals surface area contributed by atoms with E-state index in [0.717, 1.165) is 5.56 Å². The summed E-state index contributed by atoms with van der Waals surface area (Å²) < 4.78 is 4.58. The number of hydrogen-bond donors (Lipinski definition) is 1. The second-order valence-corrected chi connectivity index (χ2v) is 3.27. The highest BCUT2D eigenvalue weighted by Crippen LogP contribution is 2.04. The van der Waals surface area contributed by atoms with Crippen molar-refractivity contribution in [3.05, 3.63) is 35.9 Å². The van der Waals surface area contributed by atoms with Crippen LogP contribution in [0.25, 0.3) is 0 Å². The van der Waals surface area contributed by atoms with Gasteiger partial charge in [-0.25, -0.2) is 4.79 Å². The Kier molecular flexibility index (Phi) is 8.36. The van der Waals surface area contributed by atoms with E-state index >= 15 is 0 Å². The maximum absolute atomic E-state index is 11.4. The molecule has 1 aromatic rings. The molecular weight excluding hydrogens is 229 g/mol. The van der Waals surface area contributed by atoms with E-state index < -0.39 is 17.8 Å². The molecule has 1 amide bonds. The highest BCUT2D eigenvalue weighted by molar-refractivity contribution is 6.57. The minimum atomic E-state index is -0.745. The Hall–Kier alpha value is -1.78. The van der Waals surface area contributed by atoms with Crippen molar-refractivity contribution in [2.75, 3.05) is 7.11 Å². The molecule has 1 rings (SSSR count). The summed E-state index contributed by atoms with van der Waals surface area (Å²) in [5, 5.41) is 2.34. The first-order chi connectivity index (χ1) is 8.63. The van der Waals surface area contributed by atoms with Gasteiger partial charge in [0.15, 0.2) is 5.81 Å². The van der Waals surface area contributed by atoms with Crippen molar-refractivity contribution >= 4 is 19.6 Å². The fourth-order valence-electron chi connectivity index (χ4n) is 1.36. The van der Waals surface area contributed by atoms with Crippen molar-refractivity contribution in [3.8, 4) is 0 Å². The largest absolute Gasteiger partial charge is 0.467 e. The van der Waals surface area contributed by atoms with Crippen LogP contribution in [0.15, 0.2) is 30.3 Å². The summed E-state index contributed by atoms with van der Waals surface area (Å²) in [6.45, 7) is 4.00. The van der Waals surface area contributed by atoms with Crippen molar-refractivity contribution in [1.29, 1.82) is 0 Å². The van der Waals surface area contributed by atoms with E-state index in [1.54, 1.807) is 0 Å². The van der Waals surface area contributed by atoms with Gasteiger partial charge in [0.05, 0.1) is 7.11 Å². The SMILES string of the molecule is CC.[B]C(=O)NC(Cc1ccccc1)C(=O)OC. The average Bonchev–Trinajstić information content (AvgIpc) is 2.40. The zero-order valence-electron chi connectivity index (χ0n) is 11.0. The van der Waals surface area contributed by atoms with Crippen LogP contribution in [-0.4, -0.2) is 32.8 Å². The Labute approximate surface area is 109 Å². The minimum Gasteiger partial charge on any atom is -0.467 e. The van der Waals surface area contributed by atoms with E-state index in [4.69, 9.17) is 7.85 Å². The summed E-state index contributed by atoms with van der Waals surface area (Å²) in [6.07, 6.45) is 0.358. The summed E-state index contributed by atoms with van der Waals surface area (Å²) in [5.74, 6) is -1.26. The van der Waals surface area contributed by atoms with Crippen molar-refractivity contribution in [2.45, 2.75) is 26.3 Å². The molecule has 18 heavy (non-hydrogen) atoms. The van der Waals surface area contributed by atoms with Crippen LogP contribution < -0.4 is 5.32 Å². The fraction of sp³-hybridized carbons (Fsp3) is 0.385. The molecule has 0 aliphatic heterocycles. The van der Waals surface area contributed by atoms with Gasteiger partial charge in [-0.2, -0.15) is 0 Å². The molecule has 0 bridgehead atoms. The molecule has 0 fully saturated rings. The fourth-order valence-corrected chi connectivity index (χ4v) is 1.36. The van der Waals surface area contributed by atoms with Crippen molar-refractivity contribution in [3.63, 3.8) is 0 Å². The number of carbonyl (C=O) groups is 2. The van der Waals surface area contributed by atoms with Gasteiger partial charge in [-0.3, -0.25) is 4.79 Å². The number of amides is 1. The molecule has 0 aliphatic carbocycles. The third-order valence-corrected chi connectivity index (χ3v) is 2.08. The number of methoxy groups -OCH3 is 1. The van der Waals surface area contributed by atoms with Crippen LogP contribution in [0.5, 0.6) is 0 Å². The molecule has 5 heteroatoms. The molecule has 0 spiro atoms. The molecule has 0 saturated heterocycles. The van der Waals surface area contributed by atoms with E-state index in [-0.39, 0.29) is 0 Å². The van der Waals surface area contributed by atoms with Gasteiger partial charge >= 0.3 is 5.97 Å². The number of esters is 1. The summed E-state index contributed by atoms with van der Waals surface area (Å²) in [5.41, 5.74) is 0.923. The number of hydrogen-bond acceptors (Lipinski definition) is 3. The summed E-state index contributed by atoms with van der Waals surface area (Å²) in [7, 11) is 6.25. The van der Waals surface area contributed by atoms with Crippen molar-refractivity contribution in [1.82, 2.24) is 5.32 Å². The molecule has 2 radical (unpaired) electrons. The normalized spacial score (nSPS) is 10.6. The Bertz CT molecular complexity index is 368. The van der Waals surface area contributed by atoms with Crippen molar-refractivity contribution < 1.29 is 14.3 Å². The van der Waals surface area contributed by atoms with Gasteiger partial charge in [0, 0.05) is 6.42 Å². The average molecular weight is 247 g/mol. The van der Waals surface area contributed by atoms with Gasteiger partial charge < -0.3 is 10.1 Å². The number of benzene rings is 1. The molecule has 1 N–H and O–H groups in total. The second kappa shape index (κ2) is 9.28. The topological polar surface area (TPSA) is 55.4 Å². The molecule has 1 aromatic carbocycles. The van der Waals surface area contributed by atoms with Crippen LogP contribution in [0.2, 0.25) is 0 Å². The van der Waals surface area contributed by atoms with Gasteiger partial charge in [-0.05, 0) is 5.56 Å². The Balaban J connectivity index is 0.00000137. The third kappa shape index (κ3) is 6.08. The first kappa shape index (κ1) is 16.2. The smallest absolute Gasteiger partial charge is 0.328 e. The van der Waals surface area contributed by atoms with Crippen LogP contribution in [0.1, 0.15) is 19.4 Å². The van der Waals surface area contributed by atoms with E-state index in [9.17, 15) is 9.59 Å². The van der Waals surface area contributed by atoms with Gasteiger partial charge in [0.25, 0.3) is 0 Å². The number of carbonyl (C=O) groups excluding carboxylic acids is 2. The third-order valence-electron chi connectivity index (χ3n) is 2.08. The summed E-state index contributed by atoms with van der Waals surface area (Å²) >= 11 is 0. The zero-order valence-corrected chi connectivity index (χ0v) is 11.0. The van der Waals surface area contributed by atoms with Crippen LogP contribution in [0.3, 0.4) is 0 Å². The van der Waals surface area contributed by atoms with Gasteiger partial charge in [-0.1, -0.05) is 44.2 Å². The highest BCUT2D eigenvalue weighted by Gasteiger charge is 2.19. The second-order valence-electron chi connectivity index (χ2n) is 3.27. The molecule has 1 unspecified atom stereocenters. The van der Waals surface area contributed by atoms with E-state index in [0.29, 0.717) is 6.42 Å². The van der Waals surface area contributed by atoms with E-state index in [1.807, 2.05) is 44.2 Å². The highest BCUT2D eigenvalue weighted by atomic mass is 16.5. The number of nitrogens with one attached hydrogen (secondary N) is 1. The minimum absolute atomic E-state index is 0.358. The summed E-state index contributed by atoms with van der Waals surface area (Å²) in [4.78, 5) is 22.1. The maximum Gasteiger partial charge on any atom is 0.328 e. The molecule has 1 atom stereocenters. The maximum atomic E-state index is 11.4. The predicted molar refractivity (Wildman–Crippen MR) is 71.6 cm³/mol. The standard InChI is InChI=1S/C11H12BNO3.C2H6/c1-16-10(14)9(13-11(12)15)7-8-5-3-2-4-6-8;1-2/h2-6,9H,7H2,1H3,(H,13,15);1-2H3. The van der Waals surface area contributed by atoms with Gasteiger partial charge in [-0.15, -0.1) is 0 Å². The molecule has 0 aromatic heterocycles. The first-order valence-corrected chi connectivity index (χ1v) is 5.81. The van der Waals surface area contributed by atoms with Crippen LogP contribution in [-0.2, 0) is 16.0 Å². The van der Waals surface area contributed by atoms with Crippen LogP contribution in [0.4, 0.5) is 4.79 Å². The lowest BCUT2D eigenvalue weighted by Crippen LogP contribution is -2.42. The molecule has 0 aliphatic rings. The zero-order chi connectivity index (χ0) is 14.0. The lowest BCUT2D eigenvalue weighted by Gasteiger charge is -2.15. The molecule has 96 valence electrons. The monoisotopic (exact) mass is 247 g/mol. The number of ether oxygens (including phenoxy) is 1. The van der Waals surface area contributed by atoms with Crippen LogP contribution in [0, 0.1) is 0 Å². The molecular formula is C13H18BNO3. The quantitative estimate of drug-likeness (QED) is 0.650. The summed E-state index contributed by atoms with van der Waals surface area (Å²) in [6, 6.07) is 8.56. The molecule has 0 heterocycles. The Morgan fingerprint density at radius 3 is 2.28 bits per heavy atom. The van der Waals surface area contributed by atoms with Crippen LogP contribution >= 0.6 is 0 Å². The van der Waals surface area contributed by atoms with Gasteiger partial charge in [0.1, 0.15) is 6.04 Å². The Morgan fingerprint density at radius 2 is 1.83 bits per heavy atom. The van der Waals surface area contributed by atoms with E-state index in [1.165, 1.54) is 7.11 Å². The Morgan fingerprint density at radius 1 is 1.28 bits per heavy atom. The van der Waals surface area contributed by atoms with E-state index in [2.05, 4.69) is 10.1 Å². The van der Waals surface area contributed by atoms with Gasteiger partial charge in [0.2, 0.25) is 7.85 Å². The molecule has 0 saturated carbocycles. The van der Waals surface area contributed by atoms with Crippen molar-refractivity contribution in [2.24, 2.45) is 0 Å². The first-order valence-electron chi connectivity index (χ1n) is 5.81. The lowest BCUT2D eigenvalue weighted by atomic mass is 10.0. The predicted octanol–water partition coefficient (Wildman–Crippen LogP) is 1.68. The molecule has 4 nitrogen and oxygen atoms in total. The lowest BCUT2D eigenvalue weighted by molar-refractivity contribution is -0.142.